The molecule has 8 atom stereocenters. The first-order valence-corrected chi connectivity index (χ1v) is 13.3. The van der Waals surface area contributed by atoms with Crippen LogP contribution >= 0.6 is 0 Å². The van der Waals surface area contributed by atoms with E-state index in [0.29, 0.717) is 18.3 Å². The summed E-state index contributed by atoms with van der Waals surface area (Å²) >= 11 is 0. The lowest BCUT2D eigenvalue weighted by Crippen LogP contribution is -2.46. The Labute approximate surface area is 205 Å². The summed E-state index contributed by atoms with van der Waals surface area (Å²) in [5.74, 6) is 0.338. The van der Waals surface area contributed by atoms with Crippen molar-refractivity contribution in [2.75, 3.05) is 0 Å². The van der Waals surface area contributed by atoms with Gasteiger partial charge in [0.05, 0.1) is 5.92 Å². The van der Waals surface area contributed by atoms with Gasteiger partial charge in [0.15, 0.2) is 0 Å². The van der Waals surface area contributed by atoms with E-state index < -0.39 is 5.97 Å². The van der Waals surface area contributed by atoms with Gasteiger partial charge in [-0.15, -0.1) is 0 Å². The molecule has 0 bridgehead atoms. The van der Waals surface area contributed by atoms with Crippen LogP contribution in [0.1, 0.15) is 92.9 Å². The van der Waals surface area contributed by atoms with Crippen molar-refractivity contribution in [1.29, 1.82) is 0 Å². The number of fused-ring (bicyclic) bond motifs is 2. The summed E-state index contributed by atoms with van der Waals surface area (Å²) in [7, 11) is 0. The number of carboxylic acids is 1. The van der Waals surface area contributed by atoms with Crippen molar-refractivity contribution in [2.24, 2.45) is 39.9 Å². The number of esters is 1. The highest BCUT2D eigenvalue weighted by Gasteiger charge is 2.59. The molecular formula is C30H44O4. The molecule has 1 saturated carbocycles. The topological polar surface area (TPSA) is 63.6 Å². The van der Waals surface area contributed by atoms with Gasteiger partial charge in [-0.3, -0.25) is 9.59 Å². The van der Waals surface area contributed by atoms with Crippen LogP contribution in [0.3, 0.4) is 0 Å². The average molecular weight is 469 g/mol. The Kier molecular flexibility index (Phi) is 6.44. The van der Waals surface area contributed by atoms with Crippen LogP contribution in [0.2, 0.25) is 0 Å². The largest absolute Gasteiger partial charge is 0.481 e. The lowest BCUT2D eigenvalue weighted by Gasteiger charge is -2.55. The number of hydrogen-bond acceptors (Lipinski definition) is 3. The number of aliphatic carboxylic acids is 1. The minimum absolute atomic E-state index is 0.0226. The molecule has 4 aliphatic rings. The van der Waals surface area contributed by atoms with Crippen LogP contribution in [-0.4, -0.2) is 23.1 Å². The van der Waals surface area contributed by atoms with Gasteiger partial charge >= 0.3 is 11.9 Å². The molecule has 0 aromatic rings. The molecule has 1 unspecified atom stereocenters. The van der Waals surface area contributed by atoms with E-state index in [0.717, 1.165) is 44.1 Å². The zero-order valence-electron chi connectivity index (χ0n) is 22.1. The standard InChI is InChI=1S/C30H44O4/c1-18(2)23-9-8-22-24(28(23,5)13-12-26(31)32)10-15-30(7)25(22)11-14-29(30,6)20(4)17-21-16-19(3)27(33)34-21/h8-9,19-21,23-24H,1,10-17H2,2-7H3,(H,31,32)/t19-,20-,21?,23+,24-,28+,29+,30-/m1/s1. The van der Waals surface area contributed by atoms with E-state index >= 15 is 0 Å². The van der Waals surface area contributed by atoms with E-state index in [1.165, 1.54) is 5.57 Å². The summed E-state index contributed by atoms with van der Waals surface area (Å²) in [6, 6.07) is 0. The first kappa shape index (κ1) is 25.3. The molecule has 1 N–H and O–H groups in total. The van der Waals surface area contributed by atoms with Crippen molar-refractivity contribution >= 4 is 11.9 Å². The molecule has 34 heavy (non-hydrogen) atoms. The fourth-order valence-corrected chi connectivity index (χ4v) is 8.36. The Morgan fingerprint density at radius 3 is 2.59 bits per heavy atom. The van der Waals surface area contributed by atoms with Gasteiger partial charge in [-0.2, -0.15) is 0 Å². The highest BCUT2D eigenvalue weighted by Crippen LogP contribution is 2.68. The van der Waals surface area contributed by atoms with Crippen molar-refractivity contribution in [3.63, 3.8) is 0 Å². The van der Waals surface area contributed by atoms with Crippen molar-refractivity contribution in [3.8, 4) is 0 Å². The lowest BCUT2D eigenvalue weighted by molar-refractivity contribution is -0.145. The second-order valence-electron chi connectivity index (χ2n) is 12.7. The van der Waals surface area contributed by atoms with E-state index in [-0.39, 0.29) is 46.6 Å². The monoisotopic (exact) mass is 468 g/mol. The SMILES string of the molecule is C=C(C)[C@@H]1C=CC2=C3CC[C@@](C)([C@H](C)CC4C[C@@H](C)C(=O)O4)[C@]3(C)CC[C@H]2[C@@]1(C)CCC(=O)O. The molecule has 2 fully saturated rings. The van der Waals surface area contributed by atoms with Crippen molar-refractivity contribution in [1.82, 2.24) is 0 Å². The van der Waals surface area contributed by atoms with Crippen molar-refractivity contribution in [2.45, 2.75) is 99.0 Å². The minimum atomic E-state index is -0.713. The molecule has 3 aliphatic carbocycles. The predicted molar refractivity (Wildman–Crippen MR) is 135 cm³/mol. The number of rotatable bonds is 7. The Morgan fingerprint density at radius 2 is 2.00 bits per heavy atom. The first-order chi connectivity index (χ1) is 15.8. The van der Waals surface area contributed by atoms with Gasteiger partial charge in [0.1, 0.15) is 6.10 Å². The molecule has 0 aromatic carbocycles. The first-order valence-electron chi connectivity index (χ1n) is 13.3. The molecule has 1 heterocycles. The zero-order valence-corrected chi connectivity index (χ0v) is 22.1. The molecule has 0 spiro atoms. The molecule has 0 amide bonds. The Bertz CT molecular complexity index is 943. The van der Waals surface area contributed by atoms with E-state index in [1.807, 2.05) is 6.92 Å². The van der Waals surface area contributed by atoms with Gasteiger partial charge < -0.3 is 9.84 Å². The molecule has 4 rings (SSSR count). The molecule has 188 valence electrons. The number of hydrogen-bond donors (Lipinski definition) is 1. The van der Waals surface area contributed by atoms with E-state index in [2.05, 4.69) is 53.3 Å². The zero-order chi connectivity index (χ0) is 25.1. The van der Waals surface area contributed by atoms with E-state index in [9.17, 15) is 14.7 Å². The average Bonchev–Trinajstić information content (AvgIpc) is 3.22. The van der Waals surface area contributed by atoms with Gasteiger partial charge in [0.25, 0.3) is 0 Å². The molecule has 1 saturated heterocycles. The molecule has 1 aliphatic heterocycles. The molecule has 0 aromatic heterocycles. The second-order valence-corrected chi connectivity index (χ2v) is 12.7. The predicted octanol–water partition coefficient (Wildman–Crippen LogP) is 7.11. The van der Waals surface area contributed by atoms with Crippen LogP contribution in [0.4, 0.5) is 0 Å². The van der Waals surface area contributed by atoms with Crippen molar-refractivity contribution < 1.29 is 19.4 Å². The Hall–Kier alpha value is -1.84. The van der Waals surface area contributed by atoms with Crippen molar-refractivity contribution in [3.05, 3.63) is 35.5 Å². The summed E-state index contributed by atoms with van der Waals surface area (Å²) in [5, 5.41) is 9.47. The highest BCUT2D eigenvalue weighted by atomic mass is 16.5. The van der Waals surface area contributed by atoms with Gasteiger partial charge in [-0.1, -0.05) is 64.5 Å². The van der Waals surface area contributed by atoms with E-state index in [1.54, 1.807) is 5.57 Å². The number of allylic oxidation sites excluding steroid dienone is 5. The Morgan fingerprint density at radius 1 is 1.29 bits per heavy atom. The molecular weight excluding hydrogens is 424 g/mol. The third kappa shape index (κ3) is 3.80. The fraction of sp³-hybridized carbons (Fsp3) is 0.733. The number of cyclic esters (lactones) is 1. The quantitative estimate of drug-likeness (QED) is 0.319. The normalized spacial score (nSPS) is 42.2. The highest BCUT2D eigenvalue weighted by molar-refractivity contribution is 5.74. The number of carbonyl (C=O) groups excluding carboxylic acids is 1. The maximum atomic E-state index is 12.0. The molecule has 4 nitrogen and oxygen atoms in total. The third-order valence-corrected chi connectivity index (χ3v) is 10.9. The van der Waals surface area contributed by atoms with Gasteiger partial charge in [0, 0.05) is 12.3 Å². The third-order valence-electron chi connectivity index (χ3n) is 10.9. The Balaban J connectivity index is 1.66. The number of ether oxygens (including phenoxy) is 1. The van der Waals surface area contributed by atoms with Gasteiger partial charge in [0.2, 0.25) is 0 Å². The smallest absolute Gasteiger partial charge is 0.309 e. The van der Waals surface area contributed by atoms with Crippen LogP contribution in [0.15, 0.2) is 35.5 Å². The summed E-state index contributed by atoms with van der Waals surface area (Å²) in [6.45, 7) is 18.0. The van der Waals surface area contributed by atoms with Gasteiger partial charge in [-0.25, -0.2) is 0 Å². The molecule has 0 radical (unpaired) electrons. The minimum Gasteiger partial charge on any atom is -0.481 e. The molecule has 4 heteroatoms. The van der Waals surface area contributed by atoms with E-state index in [4.69, 9.17) is 4.74 Å². The number of carboxylic acid groups (broad SMARTS) is 1. The second kappa shape index (κ2) is 8.68. The maximum absolute atomic E-state index is 12.0. The van der Waals surface area contributed by atoms with Crippen LogP contribution in [-0.2, 0) is 14.3 Å². The summed E-state index contributed by atoms with van der Waals surface area (Å²) in [6.07, 6.45) is 11.9. The maximum Gasteiger partial charge on any atom is 0.309 e. The fourth-order valence-electron chi connectivity index (χ4n) is 8.36. The van der Waals surface area contributed by atoms with Crippen LogP contribution in [0.25, 0.3) is 0 Å². The summed E-state index contributed by atoms with van der Waals surface area (Å²) < 4.78 is 5.69. The van der Waals surface area contributed by atoms with Gasteiger partial charge in [-0.05, 0) is 85.5 Å². The lowest BCUT2D eigenvalue weighted by atomic mass is 9.49. The van der Waals surface area contributed by atoms with Crippen LogP contribution in [0, 0.1) is 39.9 Å². The summed E-state index contributed by atoms with van der Waals surface area (Å²) in [5.41, 5.74) is 4.40. The number of carbonyl (C=O) groups is 2. The summed E-state index contributed by atoms with van der Waals surface area (Å²) in [4.78, 5) is 23.5. The van der Waals surface area contributed by atoms with Crippen LogP contribution < -0.4 is 0 Å². The van der Waals surface area contributed by atoms with Crippen LogP contribution in [0.5, 0.6) is 0 Å².